The van der Waals surface area contributed by atoms with Gasteiger partial charge in [0.1, 0.15) is 5.82 Å². The van der Waals surface area contributed by atoms with Gasteiger partial charge in [0.15, 0.2) is 6.29 Å². The molecule has 1 saturated heterocycles. The van der Waals surface area contributed by atoms with Gasteiger partial charge in [0.2, 0.25) is 5.91 Å². The first-order valence-electron chi connectivity index (χ1n) is 15.9. The molecule has 0 bridgehead atoms. The number of anilines is 2. The van der Waals surface area contributed by atoms with E-state index < -0.39 is 61.0 Å². The van der Waals surface area contributed by atoms with Gasteiger partial charge in [-0.1, -0.05) is 43.2 Å². The van der Waals surface area contributed by atoms with Crippen molar-refractivity contribution < 1.29 is 50.8 Å². The Morgan fingerprint density at radius 2 is 1.65 bits per heavy atom. The topological polar surface area (TPSA) is 137 Å². The van der Waals surface area contributed by atoms with E-state index in [1.165, 1.54) is 17.0 Å². The Bertz CT molecular complexity index is 1690. The molecule has 0 aromatic heterocycles. The lowest BCUT2D eigenvalue weighted by Crippen LogP contribution is -2.46. The van der Waals surface area contributed by atoms with Gasteiger partial charge in [0, 0.05) is 36.6 Å². The number of carbonyl (C=O) groups is 2. The Balaban J connectivity index is 1.48. The summed E-state index contributed by atoms with van der Waals surface area (Å²) in [6.07, 6.45) is -2.04. The summed E-state index contributed by atoms with van der Waals surface area (Å²) in [5.41, 5.74) is -0.546. The van der Waals surface area contributed by atoms with E-state index in [9.17, 15) is 37.1 Å². The van der Waals surface area contributed by atoms with Crippen molar-refractivity contribution in [2.24, 2.45) is 5.92 Å². The van der Waals surface area contributed by atoms with Crippen molar-refractivity contribution in [2.75, 3.05) is 24.3 Å². The zero-order valence-corrected chi connectivity index (χ0v) is 27.8. The molecular weight excluding hydrogens is 669 g/mol. The number of phosphoric ester groups is 1. The number of nitrogens with zero attached hydrogens (tertiary/aromatic N) is 1. The molecule has 1 saturated carbocycles. The molecule has 0 spiro atoms. The standard InChI is InChI=1S/C34H38F4N3O7P/c1-20-7-5-11-28(35)29(20)32(43)41-18-6-10-26(30(41)21-12-14-23(15-13-21)39-22-8-3-4-9-22)31(42)40-24-16-17-25(27(19-24)34(36,37)38)33(47-2)48-49(44,45)46/h5,7,11-17,19,22,26,30,33,39H,3-4,6,8-10,18H2,1-2H3,(H,40,42)(H2,44,45,46)/t26-,30-,33?/m0/s1. The van der Waals surface area contributed by atoms with Crippen molar-refractivity contribution in [3.05, 3.63) is 94.3 Å². The van der Waals surface area contributed by atoms with Crippen molar-refractivity contribution in [2.45, 2.75) is 70.0 Å². The molecule has 5 rings (SSSR count). The second-order valence-corrected chi connectivity index (χ2v) is 13.5. The quantitative estimate of drug-likeness (QED) is 0.0967. The molecule has 1 heterocycles. The van der Waals surface area contributed by atoms with E-state index in [0.29, 0.717) is 29.7 Å². The van der Waals surface area contributed by atoms with E-state index in [1.54, 1.807) is 25.1 Å². The van der Waals surface area contributed by atoms with Crippen LogP contribution in [0.5, 0.6) is 0 Å². The average Bonchev–Trinajstić information content (AvgIpc) is 3.56. The number of piperidine rings is 1. The van der Waals surface area contributed by atoms with Crippen LogP contribution < -0.4 is 10.6 Å². The van der Waals surface area contributed by atoms with Crippen LogP contribution in [0.4, 0.5) is 28.9 Å². The summed E-state index contributed by atoms with van der Waals surface area (Å²) in [7, 11) is -4.32. The Kier molecular flexibility index (Phi) is 11.1. The Labute approximate surface area is 281 Å². The number of alkyl halides is 3. The lowest BCUT2D eigenvalue weighted by atomic mass is 9.83. The molecule has 2 aliphatic rings. The molecule has 15 heteroatoms. The van der Waals surface area contributed by atoms with Crippen molar-refractivity contribution >= 4 is 31.0 Å². The van der Waals surface area contributed by atoms with Crippen LogP contribution >= 0.6 is 7.82 Å². The number of carbonyl (C=O) groups excluding carboxylic acids is 2. The number of ether oxygens (including phenoxy) is 1. The molecule has 2 fully saturated rings. The maximum absolute atomic E-state index is 15.0. The number of rotatable bonds is 10. The summed E-state index contributed by atoms with van der Waals surface area (Å²) in [6.45, 7) is 1.83. The highest BCUT2D eigenvalue weighted by atomic mass is 31.2. The summed E-state index contributed by atoms with van der Waals surface area (Å²) in [5, 5.41) is 6.04. The van der Waals surface area contributed by atoms with Crippen LogP contribution in [-0.2, 0) is 24.8 Å². The van der Waals surface area contributed by atoms with E-state index in [-0.39, 0.29) is 24.2 Å². The molecule has 0 radical (unpaired) electrons. The molecule has 2 amide bonds. The highest BCUT2D eigenvalue weighted by Crippen LogP contribution is 2.46. The number of methoxy groups -OCH3 is 1. The van der Waals surface area contributed by atoms with Gasteiger partial charge in [-0.2, -0.15) is 13.2 Å². The van der Waals surface area contributed by atoms with Crippen molar-refractivity contribution in [1.82, 2.24) is 4.90 Å². The van der Waals surface area contributed by atoms with Gasteiger partial charge in [-0.3, -0.25) is 14.1 Å². The highest BCUT2D eigenvalue weighted by Gasteiger charge is 2.42. The average molecular weight is 708 g/mol. The summed E-state index contributed by atoms with van der Waals surface area (Å²) >= 11 is 0. The molecule has 264 valence electrons. The Morgan fingerprint density at radius 3 is 2.27 bits per heavy atom. The molecular formula is C34H38F4N3O7P. The second kappa shape index (κ2) is 15.0. The lowest BCUT2D eigenvalue weighted by molar-refractivity contribution is -0.143. The number of hydrogen-bond acceptors (Lipinski definition) is 6. The number of aryl methyl sites for hydroxylation is 1. The molecule has 1 aliphatic carbocycles. The predicted octanol–water partition coefficient (Wildman–Crippen LogP) is 7.49. The summed E-state index contributed by atoms with van der Waals surface area (Å²) in [6, 6.07) is 13.7. The van der Waals surface area contributed by atoms with E-state index in [1.807, 2.05) is 12.1 Å². The van der Waals surface area contributed by atoms with Gasteiger partial charge in [-0.15, -0.1) is 0 Å². The number of nitrogens with one attached hydrogen (secondary N) is 2. The molecule has 3 aromatic carbocycles. The first kappa shape index (κ1) is 36.5. The largest absolute Gasteiger partial charge is 0.472 e. The first-order chi connectivity index (χ1) is 23.2. The van der Waals surface area contributed by atoms with E-state index in [4.69, 9.17) is 4.74 Å². The second-order valence-electron chi connectivity index (χ2n) is 12.3. The van der Waals surface area contributed by atoms with Gasteiger partial charge < -0.3 is 30.1 Å². The van der Waals surface area contributed by atoms with Crippen molar-refractivity contribution in [3.8, 4) is 0 Å². The van der Waals surface area contributed by atoms with Crippen LogP contribution in [0.15, 0.2) is 60.7 Å². The fourth-order valence-electron chi connectivity index (χ4n) is 6.71. The minimum atomic E-state index is -5.24. The third kappa shape index (κ3) is 8.68. The maximum atomic E-state index is 15.0. The van der Waals surface area contributed by atoms with Crippen LogP contribution in [0.1, 0.15) is 83.5 Å². The zero-order valence-electron chi connectivity index (χ0n) is 26.9. The monoisotopic (exact) mass is 707 g/mol. The highest BCUT2D eigenvalue weighted by molar-refractivity contribution is 7.46. The minimum Gasteiger partial charge on any atom is -0.382 e. The van der Waals surface area contributed by atoms with Crippen LogP contribution in [0.25, 0.3) is 0 Å². The third-order valence-corrected chi connectivity index (χ3v) is 9.44. The van der Waals surface area contributed by atoms with Crippen LogP contribution in [-0.4, -0.2) is 46.2 Å². The fraction of sp³-hybridized carbons (Fsp3) is 0.412. The predicted molar refractivity (Wildman–Crippen MR) is 173 cm³/mol. The molecule has 3 atom stereocenters. The molecule has 1 unspecified atom stereocenters. The SMILES string of the molecule is COC(OP(=O)(O)O)c1ccc(NC(=O)[C@H]2CCCN(C(=O)c3c(C)cccc3F)[C@H]2c2ccc(NC3CCCC3)cc2)cc1C(F)(F)F. The van der Waals surface area contributed by atoms with Gasteiger partial charge >= 0.3 is 14.0 Å². The van der Waals surface area contributed by atoms with E-state index >= 15 is 4.39 Å². The molecule has 49 heavy (non-hydrogen) atoms. The molecule has 1 aliphatic heterocycles. The fourth-order valence-corrected chi connectivity index (χ4v) is 7.16. The Morgan fingerprint density at radius 1 is 0.980 bits per heavy atom. The van der Waals surface area contributed by atoms with Gasteiger partial charge in [0.25, 0.3) is 5.91 Å². The van der Waals surface area contributed by atoms with E-state index in [2.05, 4.69) is 15.2 Å². The number of benzene rings is 3. The number of halogens is 4. The molecule has 4 N–H and O–H groups in total. The normalized spacial score (nSPS) is 19.5. The molecule has 10 nitrogen and oxygen atoms in total. The van der Waals surface area contributed by atoms with Crippen LogP contribution in [0, 0.1) is 18.7 Å². The summed E-state index contributed by atoms with van der Waals surface area (Å²) < 4.78 is 78.1. The summed E-state index contributed by atoms with van der Waals surface area (Å²) in [5.74, 6) is -2.91. The number of phosphoric acid groups is 1. The van der Waals surface area contributed by atoms with E-state index in [0.717, 1.165) is 50.6 Å². The molecule has 3 aromatic rings. The Hall–Kier alpha value is -3.81. The summed E-state index contributed by atoms with van der Waals surface area (Å²) in [4.78, 5) is 47.7. The smallest absolute Gasteiger partial charge is 0.382 e. The number of hydrogen-bond donors (Lipinski definition) is 4. The van der Waals surface area contributed by atoms with Crippen LogP contribution in [0.3, 0.4) is 0 Å². The number of likely N-dealkylation sites (tertiary alicyclic amines) is 1. The van der Waals surface area contributed by atoms with Gasteiger partial charge in [-0.25, -0.2) is 8.96 Å². The van der Waals surface area contributed by atoms with Crippen molar-refractivity contribution in [1.29, 1.82) is 0 Å². The maximum Gasteiger partial charge on any atom is 0.472 e. The van der Waals surface area contributed by atoms with Gasteiger partial charge in [0.05, 0.1) is 23.1 Å². The van der Waals surface area contributed by atoms with Gasteiger partial charge in [-0.05, 0) is 74.1 Å². The van der Waals surface area contributed by atoms with Crippen LogP contribution in [0.2, 0.25) is 0 Å². The zero-order chi connectivity index (χ0) is 35.5. The lowest BCUT2D eigenvalue weighted by Gasteiger charge is -2.41. The first-order valence-corrected chi connectivity index (χ1v) is 17.4. The minimum absolute atomic E-state index is 0.122. The number of amides is 2. The third-order valence-electron chi connectivity index (χ3n) is 8.97. The van der Waals surface area contributed by atoms with Crippen molar-refractivity contribution in [3.63, 3.8) is 0 Å².